The van der Waals surface area contributed by atoms with E-state index in [0.717, 1.165) is 11.3 Å². The molecule has 2 rings (SSSR count). The second-order valence-electron chi connectivity index (χ2n) is 7.03. The molecule has 0 aliphatic heterocycles. The Morgan fingerprint density at radius 1 is 0.875 bits per heavy atom. The van der Waals surface area contributed by atoms with E-state index in [2.05, 4.69) is 5.32 Å². The second-order valence-corrected chi connectivity index (χ2v) is 7.03. The van der Waals surface area contributed by atoms with E-state index in [4.69, 9.17) is 18.9 Å². The van der Waals surface area contributed by atoms with Gasteiger partial charge in [0.15, 0.2) is 6.61 Å². The van der Waals surface area contributed by atoms with Gasteiger partial charge < -0.3 is 29.2 Å². The summed E-state index contributed by atoms with van der Waals surface area (Å²) in [6.45, 7) is 4.24. The molecule has 174 valence electrons. The molecule has 0 aliphatic carbocycles. The molecule has 0 unspecified atom stereocenters. The van der Waals surface area contributed by atoms with Gasteiger partial charge in [-0.1, -0.05) is 19.1 Å². The van der Waals surface area contributed by atoms with Gasteiger partial charge in [-0.2, -0.15) is 0 Å². The van der Waals surface area contributed by atoms with Gasteiger partial charge in [-0.05, 0) is 31.0 Å². The van der Waals surface area contributed by atoms with Crippen molar-refractivity contribution in [2.75, 3.05) is 34.5 Å². The molecule has 2 aromatic rings. The smallest absolute Gasteiger partial charge is 0.261 e. The van der Waals surface area contributed by atoms with Crippen molar-refractivity contribution < 1.29 is 28.5 Å². The largest absolute Gasteiger partial charge is 0.497 e. The van der Waals surface area contributed by atoms with Gasteiger partial charge in [0.2, 0.25) is 5.91 Å². The Morgan fingerprint density at radius 3 is 1.94 bits per heavy atom. The van der Waals surface area contributed by atoms with Crippen molar-refractivity contribution in [1.82, 2.24) is 10.2 Å². The number of likely N-dealkylation sites (N-methyl/N-ethyl adjacent to an activating group) is 1. The number of rotatable bonds is 12. The first-order valence-corrected chi connectivity index (χ1v) is 10.5. The van der Waals surface area contributed by atoms with Crippen molar-refractivity contribution in [3.8, 4) is 23.0 Å². The predicted octanol–water partition coefficient (Wildman–Crippen LogP) is 3.03. The summed E-state index contributed by atoms with van der Waals surface area (Å²) >= 11 is 0. The molecule has 0 bridgehead atoms. The summed E-state index contributed by atoms with van der Waals surface area (Å²) in [6, 6.07) is 11.8. The van der Waals surface area contributed by atoms with Crippen LogP contribution in [0.4, 0.5) is 0 Å². The first-order valence-electron chi connectivity index (χ1n) is 10.5. The van der Waals surface area contributed by atoms with E-state index in [9.17, 15) is 9.59 Å². The molecule has 0 aliphatic rings. The van der Waals surface area contributed by atoms with Crippen molar-refractivity contribution in [1.29, 1.82) is 0 Å². The van der Waals surface area contributed by atoms with Gasteiger partial charge in [-0.25, -0.2) is 0 Å². The molecule has 32 heavy (non-hydrogen) atoms. The van der Waals surface area contributed by atoms with Gasteiger partial charge in [-0.15, -0.1) is 0 Å². The van der Waals surface area contributed by atoms with Crippen LogP contribution in [-0.4, -0.2) is 57.2 Å². The zero-order chi connectivity index (χ0) is 23.5. The number of hydrogen-bond donors (Lipinski definition) is 1. The summed E-state index contributed by atoms with van der Waals surface area (Å²) in [5.41, 5.74) is 0.880. The van der Waals surface area contributed by atoms with Gasteiger partial charge >= 0.3 is 0 Å². The first kappa shape index (κ1) is 24.8. The molecule has 0 spiro atoms. The highest BCUT2D eigenvalue weighted by molar-refractivity contribution is 5.88. The lowest BCUT2D eigenvalue weighted by Crippen LogP contribution is -2.50. The Hall–Kier alpha value is -3.42. The molecule has 0 aromatic heterocycles. The highest BCUT2D eigenvalue weighted by Crippen LogP contribution is 2.27. The second kappa shape index (κ2) is 12.4. The summed E-state index contributed by atoms with van der Waals surface area (Å²) < 4.78 is 21.4. The lowest BCUT2D eigenvalue weighted by molar-refractivity contribution is -0.142. The number of carbonyl (C=O) groups excluding carboxylic acids is 2. The van der Waals surface area contributed by atoms with Gasteiger partial charge in [-0.3, -0.25) is 9.59 Å². The first-order chi connectivity index (χ1) is 15.4. The van der Waals surface area contributed by atoms with E-state index in [0.29, 0.717) is 30.2 Å². The van der Waals surface area contributed by atoms with Crippen molar-refractivity contribution in [2.45, 2.75) is 32.9 Å². The number of nitrogens with one attached hydrogen (secondary N) is 1. The predicted molar refractivity (Wildman–Crippen MR) is 121 cm³/mol. The fourth-order valence-electron chi connectivity index (χ4n) is 3.23. The number of ether oxygens (including phenoxy) is 4. The summed E-state index contributed by atoms with van der Waals surface area (Å²) in [6.07, 6.45) is 0.473. The molecular weight excluding hydrogens is 412 g/mol. The normalized spacial score (nSPS) is 11.3. The van der Waals surface area contributed by atoms with E-state index < -0.39 is 6.04 Å². The van der Waals surface area contributed by atoms with E-state index in [1.165, 1.54) is 0 Å². The summed E-state index contributed by atoms with van der Waals surface area (Å²) in [5.74, 6) is 1.76. The Morgan fingerprint density at radius 2 is 1.44 bits per heavy atom. The van der Waals surface area contributed by atoms with Crippen LogP contribution >= 0.6 is 0 Å². The summed E-state index contributed by atoms with van der Waals surface area (Å²) in [7, 11) is 4.68. The Kier molecular flexibility index (Phi) is 9.66. The summed E-state index contributed by atoms with van der Waals surface area (Å²) in [4.78, 5) is 27.4. The van der Waals surface area contributed by atoms with Crippen LogP contribution in [-0.2, 0) is 16.1 Å². The van der Waals surface area contributed by atoms with Crippen molar-refractivity contribution in [3.05, 3.63) is 48.0 Å². The van der Waals surface area contributed by atoms with Crippen LogP contribution in [0.5, 0.6) is 23.0 Å². The zero-order valence-electron chi connectivity index (χ0n) is 19.3. The quantitative estimate of drug-likeness (QED) is 0.542. The van der Waals surface area contributed by atoms with E-state index in [1.807, 2.05) is 38.1 Å². The van der Waals surface area contributed by atoms with Crippen LogP contribution in [0.25, 0.3) is 0 Å². The third-order valence-corrected chi connectivity index (χ3v) is 4.94. The van der Waals surface area contributed by atoms with Gasteiger partial charge in [0, 0.05) is 31.3 Å². The molecule has 1 atom stereocenters. The molecule has 0 saturated heterocycles. The molecule has 0 saturated carbocycles. The van der Waals surface area contributed by atoms with Crippen LogP contribution in [0.2, 0.25) is 0 Å². The van der Waals surface area contributed by atoms with Crippen molar-refractivity contribution in [2.24, 2.45) is 0 Å². The van der Waals surface area contributed by atoms with E-state index >= 15 is 0 Å². The number of methoxy groups -OCH3 is 3. The fourth-order valence-corrected chi connectivity index (χ4v) is 3.23. The Bertz CT molecular complexity index is 862. The number of carbonyl (C=O) groups is 2. The monoisotopic (exact) mass is 444 g/mol. The van der Waals surface area contributed by atoms with Gasteiger partial charge in [0.25, 0.3) is 5.91 Å². The topological polar surface area (TPSA) is 86.3 Å². The highest BCUT2D eigenvalue weighted by Gasteiger charge is 2.28. The summed E-state index contributed by atoms with van der Waals surface area (Å²) in [5, 5.41) is 2.81. The number of hydrogen-bond acceptors (Lipinski definition) is 6. The minimum Gasteiger partial charge on any atom is -0.497 e. The lowest BCUT2D eigenvalue weighted by Gasteiger charge is -2.30. The number of nitrogens with zero attached hydrogens (tertiary/aromatic N) is 1. The maximum atomic E-state index is 13.2. The van der Waals surface area contributed by atoms with Gasteiger partial charge in [0.05, 0.1) is 21.3 Å². The van der Waals surface area contributed by atoms with Crippen LogP contribution < -0.4 is 24.3 Å². The van der Waals surface area contributed by atoms with Crippen LogP contribution in [0, 0.1) is 0 Å². The molecule has 8 heteroatoms. The molecule has 2 amide bonds. The SMILES string of the molecule is CCNC(=O)[C@H](CC)N(Cc1ccc(OC)cc1)C(=O)COc1cc(OC)cc(OC)c1. The average molecular weight is 445 g/mol. The molecule has 0 heterocycles. The fraction of sp³-hybridized carbons (Fsp3) is 0.417. The highest BCUT2D eigenvalue weighted by atomic mass is 16.5. The Labute approximate surface area is 189 Å². The van der Waals surface area contributed by atoms with Crippen molar-refractivity contribution in [3.63, 3.8) is 0 Å². The third-order valence-electron chi connectivity index (χ3n) is 4.94. The minimum atomic E-state index is -0.618. The molecule has 0 radical (unpaired) electrons. The number of amides is 2. The molecular formula is C24H32N2O6. The molecule has 0 fully saturated rings. The van der Waals surface area contributed by atoms with E-state index in [1.54, 1.807) is 44.4 Å². The van der Waals surface area contributed by atoms with Crippen LogP contribution in [0.3, 0.4) is 0 Å². The third kappa shape index (κ3) is 6.80. The van der Waals surface area contributed by atoms with Crippen LogP contribution in [0.15, 0.2) is 42.5 Å². The maximum absolute atomic E-state index is 13.2. The number of benzene rings is 2. The maximum Gasteiger partial charge on any atom is 0.261 e. The molecule has 1 N–H and O–H groups in total. The Balaban J connectivity index is 2.22. The van der Waals surface area contributed by atoms with Crippen molar-refractivity contribution >= 4 is 11.8 Å². The van der Waals surface area contributed by atoms with E-state index in [-0.39, 0.29) is 25.0 Å². The van der Waals surface area contributed by atoms with Crippen LogP contribution in [0.1, 0.15) is 25.8 Å². The molecule has 8 nitrogen and oxygen atoms in total. The molecule has 2 aromatic carbocycles. The average Bonchev–Trinajstić information content (AvgIpc) is 2.82. The minimum absolute atomic E-state index is 0.195. The van der Waals surface area contributed by atoms with Gasteiger partial charge in [0.1, 0.15) is 29.0 Å². The standard InChI is InChI=1S/C24H32N2O6/c1-6-22(24(28)25-7-2)26(15-17-8-10-18(29-3)11-9-17)23(27)16-32-21-13-19(30-4)12-20(14-21)31-5/h8-14,22H,6-7,15-16H2,1-5H3,(H,25,28)/t22-/m0/s1. The zero-order valence-corrected chi connectivity index (χ0v) is 19.3. The lowest BCUT2D eigenvalue weighted by atomic mass is 10.1.